The number of hydrogen-bond donors (Lipinski definition) is 0. The summed E-state index contributed by atoms with van der Waals surface area (Å²) >= 11 is 0. The second-order valence-corrected chi connectivity index (χ2v) is 6.78. The van der Waals surface area contributed by atoms with Crippen LogP contribution in [-0.2, 0) is 20.3 Å². The molecule has 1 heterocycles. The summed E-state index contributed by atoms with van der Waals surface area (Å²) in [6.45, 7) is 5.00. The molecule has 0 saturated heterocycles. The molecule has 1 aromatic rings. The molecule has 1 rings (SSSR count). The van der Waals surface area contributed by atoms with Gasteiger partial charge in [0, 0.05) is 17.3 Å². The van der Waals surface area contributed by atoms with Crippen molar-refractivity contribution in [2.24, 2.45) is 5.92 Å². The highest BCUT2D eigenvalue weighted by Crippen LogP contribution is 2.24. The molecule has 0 amide bonds. The zero-order valence-electron chi connectivity index (χ0n) is 10.4. The molecule has 10 heteroatoms. The highest BCUT2D eigenvalue weighted by atomic mass is 35.7. The van der Waals surface area contributed by atoms with E-state index in [0.717, 1.165) is 10.9 Å². The number of aromatic nitrogens is 2. The molecule has 0 N–H and O–H groups in total. The van der Waals surface area contributed by atoms with Crippen molar-refractivity contribution in [1.82, 2.24) is 9.78 Å². The molecule has 0 fully saturated rings. The highest BCUT2D eigenvalue weighted by molar-refractivity contribution is 8.13. The molecule has 0 saturated carbocycles. The van der Waals surface area contributed by atoms with Crippen LogP contribution in [0.25, 0.3) is 0 Å². The molecule has 0 aromatic carbocycles. The Morgan fingerprint density at radius 1 is 1.58 bits per heavy atom. The number of ether oxygens (including phenoxy) is 1. The molecule has 1 aromatic heterocycles. The van der Waals surface area contributed by atoms with Gasteiger partial charge in [0.2, 0.25) is 4.90 Å². The van der Waals surface area contributed by atoms with Gasteiger partial charge in [-0.25, -0.2) is 8.42 Å². The van der Waals surface area contributed by atoms with Gasteiger partial charge in [0.15, 0.2) is 0 Å². The number of halogens is 1. The van der Waals surface area contributed by atoms with Crippen LogP contribution >= 0.6 is 10.7 Å². The number of hydrogen-bond acceptors (Lipinski definition) is 6. The molecule has 0 aliphatic rings. The number of nitrogens with zero attached hydrogens (tertiary/aromatic N) is 3. The molecule has 108 valence electrons. The van der Waals surface area contributed by atoms with E-state index in [2.05, 4.69) is 5.10 Å². The van der Waals surface area contributed by atoms with Crippen LogP contribution in [0.1, 0.15) is 13.8 Å². The van der Waals surface area contributed by atoms with Gasteiger partial charge in [-0.05, 0) is 10.8 Å². The first-order valence-electron chi connectivity index (χ1n) is 5.46. The van der Waals surface area contributed by atoms with E-state index >= 15 is 0 Å². The van der Waals surface area contributed by atoms with Crippen molar-refractivity contribution >= 4 is 25.6 Å². The van der Waals surface area contributed by atoms with Gasteiger partial charge in [0.05, 0.1) is 24.4 Å². The molecular weight excluding hydrogens is 298 g/mol. The maximum atomic E-state index is 11.2. The maximum absolute atomic E-state index is 11.2. The molecule has 8 nitrogen and oxygen atoms in total. The smallest absolute Gasteiger partial charge is 0.379 e. The van der Waals surface area contributed by atoms with Gasteiger partial charge in [0.1, 0.15) is 0 Å². The van der Waals surface area contributed by atoms with E-state index in [1.54, 1.807) is 0 Å². The lowest BCUT2D eigenvalue weighted by molar-refractivity contribution is -0.392. The Kier molecular flexibility index (Phi) is 5.27. The van der Waals surface area contributed by atoms with Crippen molar-refractivity contribution in [1.29, 1.82) is 0 Å². The average molecular weight is 312 g/mol. The Balaban J connectivity index is 2.79. The average Bonchev–Trinajstić information content (AvgIpc) is 2.68. The zero-order valence-corrected chi connectivity index (χ0v) is 12.0. The van der Waals surface area contributed by atoms with Gasteiger partial charge in [-0.3, -0.25) is 0 Å². The minimum absolute atomic E-state index is 0.208. The van der Waals surface area contributed by atoms with Crippen LogP contribution in [0.2, 0.25) is 0 Å². The molecule has 0 spiro atoms. The molecule has 0 atom stereocenters. The predicted octanol–water partition coefficient (Wildman–Crippen LogP) is 1.39. The van der Waals surface area contributed by atoms with Crippen molar-refractivity contribution in [3.05, 3.63) is 16.3 Å². The molecule has 0 unspecified atom stereocenters. The van der Waals surface area contributed by atoms with Crippen molar-refractivity contribution < 1.29 is 18.1 Å². The Labute approximate surface area is 114 Å². The van der Waals surface area contributed by atoms with E-state index in [9.17, 15) is 18.5 Å². The fourth-order valence-corrected chi connectivity index (χ4v) is 2.19. The Bertz CT molecular complexity index is 554. The van der Waals surface area contributed by atoms with Crippen LogP contribution in [0.15, 0.2) is 11.1 Å². The van der Waals surface area contributed by atoms with Crippen molar-refractivity contribution in [3.8, 4) is 0 Å². The third-order valence-electron chi connectivity index (χ3n) is 2.06. The van der Waals surface area contributed by atoms with Crippen LogP contribution in [0.4, 0.5) is 5.82 Å². The van der Waals surface area contributed by atoms with Gasteiger partial charge in [-0.1, -0.05) is 13.8 Å². The van der Waals surface area contributed by atoms with Crippen LogP contribution in [0.5, 0.6) is 0 Å². The summed E-state index contributed by atoms with van der Waals surface area (Å²) in [5.74, 6) is -0.412. The largest absolute Gasteiger partial charge is 0.410 e. The number of nitro groups is 1. The van der Waals surface area contributed by atoms with Gasteiger partial charge < -0.3 is 14.9 Å². The summed E-state index contributed by atoms with van der Waals surface area (Å²) in [7, 11) is 0.912. The molecule has 0 aliphatic heterocycles. The third-order valence-corrected chi connectivity index (χ3v) is 3.37. The van der Waals surface area contributed by atoms with Crippen molar-refractivity contribution in [2.45, 2.75) is 25.3 Å². The van der Waals surface area contributed by atoms with E-state index in [0.29, 0.717) is 12.5 Å². The summed E-state index contributed by atoms with van der Waals surface area (Å²) < 4.78 is 28.7. The summed E-state index contributed by atoms with van der Waals surface area (Å²) in [5.41, 5.74) is 0. The van der Waals surface area contributed by atoms with Crippen LogP contribution in [-0.4, -0.2) is 36.3 Å². The summed E-state index contributed by atoms with van der Waals surface area (Å²) in [5, 5.41) is 14.2. The first kappa shape index (κ1) is 15.9. The Morgan fingerprint density at radius 2 is 2.21 bits per heavy atom. The summed E-state index contributed by atoms with van der Waals surface area (Å²) in [4.78, 5) is 9.18. The number of rotatable bonds is 7. The molecule has 0 radical (unpaired) electrons. The lowest BCUT2D eigenvalue weighted by atomic mass is 10.2. The van der Waals surface area contributed by atoms with E-state index in [-0.39, 0.29) is 13.2 Å². The Morgan fingerprint density at radius 3 is 2.63 bits per heavy atom. The van der Waals surface area contributed by atoms with Crippen molar-refractivity contribution in [3.63, 3.8) is 0 Å². The normalized spacial score (nSPS) is 12.0. The minimum Gasteiger partial charge on any atom is -0.379 e. The summed E-state index contributed by atoms with van der Waals surface area (Å²) in [6.07, 6.45) is 1.03. The predicted molar refractivity (Wildman–Crippen MR) is 67.6 cm³/mol. The first-order chi connectivity index (χ1) is 8.71. The topological polar surface area (TPSA) is 104 Å². The SMILES string of the molecule is CC(C)COCCn1cc(S(=O)(=O)Cl)c([N+](=O)[O-])n1. The van der Waals surface area contributed by atoms with Gasteiger partial charge >= 0.3 is 5.82 Å². The van der Waals surface area contributed by atoms with Crippen molar-refractivity contribution in [2.75, 3.05) is 13.2 Å². The van der Waals surface area contributed by atoms with E-state index in [4.69, 9.17) is 15.4 Å². The quantitative estimate of drug-likeness (QED) is 0.326. The molecule has 19 heavy (non-hydrogen) atoms. The lowest BCUT2D eigenvalue weighted by Crippen LogP contribution is -2.10. The van der Waals surface area contributed by atoms with E-state index in [1.165, 1.54) is 0 Å². The fraction of sp³-hybridized carbons (Fsp3) is 0.667. The van der Waals surface area contributed by atoms with Crippen LogP contribution in [0.3, 0.4) is 0 Å². The second kappa shape index (κ2) is 6.31. The minimum atomic E-state index is -4.20. The first-order valence-corrected chi connectivity index (χ1v) is 7.77. The maximum Gasteiger partial charge on any atom is 0.410 e. The highest BCUT2D eigenvalue weighted by Gasteiger charge is 2.29. The van der Waals surface area contributed by atoms with E-state index in [1.807, 2.05) is 13.8 Å². The van der Waals surface area contributed by atoms with Crippen LogP contribution < -0.4 is 0 Å². The standard InChI is InChI=1S/C9H14ClN3O5S/c1-7(2)6-18-4-3-12-5-8(19(10,16)17)9(11-12)13(14)15/h5,7H,3-4,6H2,1-2H3. The second-order valence-electron chi connectivity index (χ2n) is 4.24. The van der Waals surface area contributed by atoms with Gasteiger partial charge in [-0.2, -0.15) is 4.68 Å². The lowest BCUT2D eigenvalue weighted by Gasteiger charge is -2.04. The van der Waals surface area contributed by atoms with E-state index < -0.39 is 24.7 Å². The molecule has 0 bridgehead atoms. The van der Waals surface area contributed by atoms with Gasteiger partial charge in [0.25, 0.3) is 9.05 Å². The molecule has 0 aliphatic carbocycles. The molecular formula is C9H14ClN3O5S. The van der Waals surface area contributed by atoms with Crippen LogP contribution in [0, 0.1) is 16.0 Å². The monoisotopic (exact) mass is 311 g/mol. The third kappa shape index (κ3) is 4.77. The Hall–Kier alpha value is -1.19. The zero-order chi connectivity index (χ0) is 14.6. The summed E-state index contributed by atoms with van der Waals surface area (Å²) in [6, 6.07) is 0. The van der Waals surface area contributed by atoms with Gasteiger partial charge in [-0.15, -0.1) is 0 Å². The fourth-order valence-electron chi connectivity index (χ4n) is 1.28.